The maximum absolute atomic E-state index is 12.8. The summed E-state index contributed by atoms with van der Waals surface area (Å²) in [6, 6.07) is 12.3. The van der Waals surface area contributed by atoms with Crippen molar-refractivity contribution in [2.75, 3.05) is 24.1 Å². The molecule has 8 nitrogen and oxygen atoms in total. The van der Waals surface area contributed by atoms with Crippen molar-refractivity contribution in [2.45, 2.75) is 56.1 Å². The van der Waals surface area contributed by atoms with E-state index in [0.29, 0.717) is 41.7 Å². The molecule has 1 aliphatic carbocycles. The van der Waals surface area contributed by atoms with Gasteiger partial charge in [-0.3, -0.25) is 4.79 Å². The minimum absolute atomic E-state index is 0.217. The molecule has 198 valence electrons. The van der Waals surface area contributed by atoms with Gasteiger partial charge in [-0.1, -0.05) is 12.1 Å². The number of methoxy groups -OCH3 is 1. The molecule has 2 N–H and O–H groups in total. The van der Waals surface area contributed by atoms with E-state index < -0.39 is 20.5 Å². The van der Waals surface area contributed by atoms with Crippen LogP contribution in [0.2, 0.25) is 0 Å². The molecule has 0 fully saturated rings. The summed E-state index contributed by atoms with van der Waals surface area (Å²) in [5.41, 5.74) is 2.62. The number of ketones is 1. The molecule has 0 unspecified atom stereocenters. The van der Waals surface area contributed by atoms with E-state index in [1.807, 2.05) is 26.0 Å². The molecule has 1 aromatic heterocycles. The number of alkyl halides is 1. The van der Waals surface area contributed by atoms with Crippen molar-refractivity contribution in [3.8, 4) is 5.75 Å². The van der Waals surface area contributed by atoms with E-state index in [4.69, 9.17) is 4.74 Å². The maximum atomic E-state index is 12.8. The second-order valence-corrected chi connectivity index (χ2v) is 11.8. The van der Waals surface area contributed by atoms with E-state index in [-0.39, 0.29) is 10.7 Å². The summed E-state index contributed by atoms with van der Waals surface area (Å²) >= 11 is 4.64. The van der Waals surface area contributed by atoms with Crippen LogP contribution in [0.5, 0.6) is 5.75 Å². The van der Waals surface area contributed by atoms with Gasteiger partial charge in [0, 0.05) is 24.4 Å². The Morgan fingerprint density at radius 1 is 1.03 bits per heavy atom. The fourth-order valence-corrected chi connectivity index (χ4v) is 5.41. The van der Waals surface area contributed by atoms with Gasteiger partial charge in [0.15, 0.2) is 9.84 Å². The average Bonchev–Trinajstić information content (AvgIpc) is 2.88. The number of carbonyl (C=O) groups is 1. The van der Waals surface area contributed by atoms with E-state index in [1.165, 1.54) is 6.38 Å². The second-order valence-electron chi connectivity index (χ2n) is 9.36. The zero-order valence-corrected chi connectivity index (χ0v) is 23.5. The van der Waals surface area contributed by atoms with Crippen molar-refractivity contribution in [1.29, 1.82) is 0 Å². The molecule has 0 radical (unpaired) electrons. The lowest BCUT2D eigenvalue weighted by molar-refractivity contribution is -0.124. The molecular formula is C27H33ClN4O4S. The Balaban J connectivity index is 0.00000186. The maximum Gasteiger partial charge on any atom is 0.229 e. The van der Waals surface area contributed by atoms with Crippen LogP contribution in [0.1, 0.15) is 45.2 Å². The van der Waals surface area contributed by atoms with Crippen LogP contribution >= 0.6 is 11.6 Å². The molecule has 10 heteroatoms. The van der Waals surface area contributed by atoms with Crippen LogP contribution in [0.25, 0.3) is 0 Å². The van der Waals surface area contributed by atoms with Crippen molar-refractivity contribution >= 4 is 50.4 Å². The Hall–Kier alpha value is -3.17. The fourth-order valence-electron chi connectivity index (χ4n) is 4.21. The highest BCUT2D eigenvalue weighted by molar-refractivity contribution is 7.92. The van der Waals surface area contributed by atoms with Crippen LogP contribution in [-0.4, -0.2) is 42.9 Å². The van der Waals surface area contributed by atoms with Gasteiger partial charge in [-0.2, -0.15) is 4.98 Å². The first kappa shape index (κ1) is 28.4. The van der Waals surface area contributed by atoms with Crippen molar-refractivity contribution < 1.29 is 17.9 Å². The third-order valence-corrected chi connectivity index (χ3v) is 8.61. The summed E-state index contributed by atoms with van der Waals surface area (Å²) in [6.07, 6.45) is 4.23. The van der Waals surface area contributed by atoms with E-state index in [0.717, 1.165) is 11.1 Å². The number of sulfone groups is 1. The third-order valence-electron chi connectivity index (χ3n) is 6.40. The smallest absolute Gasteiger partial charge is 0.229 e. The monoisotopic (exact) mass is 544 g/mol. The molecule has 0 aliphatic heterocycles. The van der Waals surface area contributed by atoms with E-state index in [1.54, 1.807) is 57.5 Å². The van der Waals surface area contributed by atoms with E-state index >= 15 is 0 Å². The van der Waals surface area contributed by atoms with Gasteiger partial charge in [-0.15, -0.1) is 11.6 Å². The number of anilines is 4. The Morgan fingerprint density at radius 2 is 1.73 bits per heavy atom. The highest BCUT2D eigenvalue weighted by Crippen LogP contribution is 2.40. The molecule has 0 saturated heterocycles. The van der Waals surface area contributed by atoms with E-state index in [2.05, 4.69) is 32.2 Å². The summed E-state index contributed by atoms with van der Waals surface area (Å²) in [6.45, 7) is 7.19. The third kappa shape index (κ3) is 5.88. The Labute approximate surface area is 223 Å². The molecule has 0 spiro atoms. The van der Waals surface area contributed by atoms with Gasteiger partial charge in [0.05, 0.1) is 28.6 Å². The number of aryl methyl sites for hydroxylation is 1. The summed E-state index contributed by atoms with van der Waals surface area (Å²) in [7, 11) is -1.90. The summed E-state index contributed by atoms with van der Waals surface area (Å²) < 4.78 is 31.2. The first-order valence-corrected chi connectivity index (χ1v) is 14.2. The number of nitrogens with zero attached hydrogens (tertiary/aromatic N) is 2. The average molecular weight is 545 g/mol. The van der Waals surface area contributed by atoms with Crippen LogP contribution in [0, 0.1) is 0 Å². The molecule has 37 heavy (non-hydrogen) atoms. The van der Waals surface area contributed by atoms with Crippen LogP contribution in [0.15, 0.2) is 53.6 Å². The molecule has 4 rings (SSSR count). The summed E-state index contributed by atoms with van der Waals surface area (Å²) in [5, 5.41) is 5.77. The molecule has 1 heterocycles. The Kier molecular flexibility index (Phi) is 8.81. The number of Topliss-reactive ketones (excluding diaryl/α,β-unsaturated/α-hetero) is 1. The number of ether oxygens (including phenoxy) is 1. The van der Waals surface area contributed by atoms with Crippen molar-refractivity contribution in [1.82, 2.24) is 9.97 Å². The highest BCUT2D eigenvalue weighted by atomic mass is 35.5. The topological polar surface area (TPSA) is 110 Å². The first-order chi connectivity index (χ1) is 17.5. The van der Waals surface area contributed by atoms with Crippen LogP contribution in [0.3, 0.4) is 0 Å². The van der Waals surface area contributed by atoms with Crippen molar-refractivity contribution in [3.63, 3.8) is 0 Å². The predicted octanol–water partition coefficient (Wildman–Crippen LogP) is 5.80. The molecular weight excluding hydrogens is 512 g/mol. The number of fused-ring (bicyclic) bond motifs is 1. The quantitative estimate of drug-likeness (QED) is 0.359. The SMILES string of the molecule is CCl.COc1cc2c(cc1Nc1nccc(Nc3ccccc3S(=O)(=O)C(C)C)n1)CCC(=O)C2(C)C. The molecule has 0 bridgehead atoms. The lowest BCUT2D eigenvalue weighted by Gasteiger charge is -2.32. The highest BCUT2D eigenvalue weighted by Gasteiger charge is 2.36. The molecule has 0 atom stereocenters. The van der Waals surface area contributed by atoms with Gasteiger partial charge < -0.3 is 15.4 Å². The minimum atomic E-state index is -3.48. The largest absolute Gasteiger partial charge is 0.495 e. The minimum Gasteiger partial charge on any atom is -0.495 e. The van der Waals surface area contributed by atoms with E-state index in [9.17, 15) is 13.2 Å². The Morgan fingerprint density at radius 3 is 2.41 bits per heavy atom. The van der Waals surface area contributed by atoms with Gasteiger partial charge in [-0.25, -0.2) is 13.4 Å². The summed E-state index contributed by atoms with van der Waals surface area (Å²) in [4.78, 5) is 21.5. The number of nitrogens with one attached hydrogen (secondary N) is 2. The number of hydrogen-bond donors (Lipinski definition) is 2. The number of halogens is 1. The Bertz CT molecular complexity index is 1390. The zero-order valence-electron chi connectivity index (χ0n) is 21.9. The fraction of sp³-hybridized carbons (Fsp3) is 0.370. The predicted molar refractivity (Wildman–Crippen MR) is 148 cm³/mol. The first-order valence-electron chi connectivity index (χ1n) is 11.9. The van der Waals surface area contributed by atoms with Crippen LogP contribution in [0.4, 0.5) is 23.1 Å². The summed E-state index contributed by atoms with van der Waals surface area (Å²) in [5.74, 6) is 1.57. The number of rotatable bonds is 7. The van der Waals surface area contributed by atoms with Gasteiger partial charge in [0.1, 0.15) is 17.4 Å². The number of para-hydroxylation sites is 1. The molecule has 0 amide bonds. The molecule has 2 aromatic carbocycles. The van der Waals surface area contributed by atoms with Crippen LogP contribution < -0.4 is 15.4 Å². The normalized spacial score (nSPS) is 14.3. The lowest BCUT2D eigenvalue weighted by Crippen LogP contribution is -2.34. The standard InChI is InChI=1S/C26H30N4O4S.CH3Cl/c1-16(2)35(32,33)22-9-7-6-8-19(22)28-24-12-13-27-25(30-24)29-20-14-17-10-11-23(31)26(3,4)18(17)15-21(20)34-5;1-2/h6-9,12-16H,10-11H2,1-5H3,(H2,27,28,29,30);1H3. The lowest BCUT2D eigenvalue weighted by atomic mass is 9.71. The number of benzene rings is 2. The number of hydrogen-bond acceptors (Lipinski definition) is 8. The van der Waals surface area contributed by atoms with Crippen molar-refractivity contribution in [2.24, 2.45) is 0 Å². The molecule has 3 aromatic rings. The second kappa shape index (κ2) is 11.5. The molecule has 0 saturated carbocycles. The zero-order chi connectivity index (χ0) is 27.4. The van der Waals surface area contributed by atoms with Gasteiger partial charge >= 0.3 is 0 Å². The van der Waals surface area contributed by atoms with Gasteiger partial charge in [0.2, 0.25) is 5.95 Å². The number of aromatic nitrogens is 2. The van der Waals surface area contributed by atoms with Gasteiger partial charge in [-0.05, 0) is 75.6 Å². The molecule has 1 aliphatic rings. The van der Waals surface area contributed by atoms with Crippen LogP contribution in [-0.2, 0) is 26.5 Å². The number of carbonyl (C=O) groups excluding carboxylic acids is 1. The van der Waals surface area contributed by atoms with Crippen molar-refractivity contribution in [3.05, 3.63) is 59.8 Å². The van der Waals surface area contributed by atoms with Gasteiger partial charge in [0.25, 0.3) is 0 Å².